The van der Waals surface area contributed by atoms with E-state index in [1.54, 1.807) is 41.4 Å². The van der Waals surface area contributed by atoms with Crippen LogP contribution in [0.1, 0.15) is 24.2 Å². The minimum atomic E-state index is -0.577. The first-order valence-electron chi connectivity index (χ1n) is 11.7. The molecule has 9 heteroatoms. The minimum Gasteiger partial charge on any atom is -0.488 e. The Bertz CT molecular complexity index is 1510. The molecule has 0 saturated carbocycles. The molecule has 0 amide bonds. The summed E-state index contributed by atoms with van der Waals surface area (Å²) in [6.07, 6.45) is -0.577. The first-order valence-corrected chi connectivity index (χ1v) is 13.2. The number of carbonyl (C=O) groups is 1. The summed E-state index contributed by atoms with van der Waals surface area (Å²) in [6, 6.07) is 27.7. The lowest BCUT2D eigenvalue weighted by Gasteiger charge is -2.33. The highest BCUT2D eigenvalue weighted by Crippen LogP contribution is 2.43. The number of ether oxygens (including phenoxy) is 1. The summed E-state index contributed by atoms with van der Waals surface area (Å²) in [5.74, 6) is 0.626. The maximum absolute atomic E-state index is 12.9. The Kier molecular flexibility index (Phi) is 7.82. The van der Waals surface area contributed by atoms with Gasteiger partial charge < -0.3 is 4.74 Å². The van der Waals surface area contributed by atoms with E-state index < -0.39 is 6.17 Å². The molecule has 5 rings (SSSR count). The lowest BCUT2D eigenvalue weighted by atomic mass is 10.1. The third-order valence-corrected chi connectivity index (χ3v) is 7.50. The average Bonchev–Trinajstić information content (AvgIpc) is 3.32. The molecule has 192 valence electrons. The summed E-state index contributed by atoms with van der Waals surface area (Å²) >= 11 is 25.4. The van der Waals surface area contributed by atoms with Crippen LogP contribution in [0.2, 0.25) is 20.1 Å². The van der Waals surface area contributed by atoms with Crippen molar-refractivity contribution >= 4 is 69.4 Å². The second-order valence-electron chi connectivity index (χ2n) is 8.53. The van der Waals surface area contributed by atoms with Crippen molar-refractivity contribution in [1.29, 1.82) is 0 Å². The Labute approximate surface area is 240 Å². The molecular weight excluding hydrogens is 564 g/mol. The highest BCUT2D eigenvalue weighted by Gasteiger charge is 2.40. The predicted octanol–water partition coefficient (Wildman–Crippen LogP) is 8.81. The summed E-state index contributed by atoms with van der Waals surface area (Å²) in [5.41, 5.74) is 2.90. The maximum atomic E-state index is 12.9. The number of amidine groups is 1. The fraction of sp³-hybridized carbons (Fsp3) is 0.103. The molecule has 1 aliphatic heterocycles. The van der Waals surface area contributed by atoms with Crippen LogP contribution in [-0.4, -0.2) is 11.6 Å². The Morgan fingerprint density at radius 1 is 0.789 bits per heavy atom. The molecule has 0 unspecified atom stereocenters. The van der Waals surface area contributed by atoms with Crippen molar-refractivity contribution in [3.05, 3.63) is 122 Å². The molecule has 0 N–H and O–H groups in total. The van der Waals surface area contributed by atoms with Crippen molar-refractivity contribution in [1.82, 2.24) is 0 Å². The van der Waals surface area contributed by atoms with Gasteiger partial charge in [-0.3, -0.25) is 9.69 Å². The molecule has 5 nitrogen and oxygen atoms in total. The number of halogens is 4. The summed E-state index contributed by atoms with van der Waals surface area (Å²) < 4.78 is 6.30. The zero-order valence-corrected chi connectivity index (χ0v) is 23.1. The number of hydrazone groups is 1. The SMILES string of the molecule is CC(=O)C1=NN(c2ccccc2)[C@H](c2ccccc2OCc2c(Cl)cccc2Cl)N1c1ccc(Cl)c(Cl)c1. The number of rotatable bonds is 7. The molecule has 4 aromatic rings. The monoisotopic (exact) mass is 583 g/mol. The van der Waals surface area contributed by atoms with Gasteiger partial charge >= 0.3 is 0 Å². The molecule has 0 bridgehead atoms. The lowest BCUT2D eigenvalue weighted by molar-refractivity contribution is -0.111. The van der Waals surface area contributed by atoms with E-state index in [4.69, 9.17) is 56.2 Å². The average molecular weight is 585 g/mol. The van der Waals surface area contributed by atoms with Crippen LogP contribution in [0, 0.1) is 0 Å². The molecule has 38 heavy (non-hydrogen) atoms. The van der Waals surface area contributed by atoms with E-state index in [1.807, 2.05) is 59.5 Å². The largest absolute Gasteiger partial charge is 0.488 e. The van der Waals surface area contributed by atoms with Crippen molar-refractivity contribution in [2.24, 2.45) is 5.10 Å². The molecule has 0 aromatic heterocycles. The second kappa shape index (κ2) is 11.3. The minimum absolute atomic E-state index is 0.154. The highest BCUT2D eigenvalue weighted by molar-refractivity contribution is 6.45. The van der Waals surface area contributed by atoms with Gasteiger partial charge in [0.15, 0.2) is 17.8 Å². The van der Waals surface area contributed by atoms with Crippen LogP contribution < -0.4 is 14.6 Å². The summed E-state index contributed by atoms with van der Waals surface area (Å²) in [4.78, 5) is 14.7. The summed E-state index contributed by atoms with van der Waals surface area (Å²) in [7, 11) is 0. The van der Waals surface area contributed by atoms with E-state index in [2.05, 4.69) is 0 Å². The van der Waals surface area contributed by atoms with Crippen molar-refractivity contribution in [3.63, 3.8) is 0 Å². The van der Waals surface area contributed by atoms with Crippen LogP contribution in [0.3, 0.4) is 0 Å². The van der Waals surface area contributed by atoms with Gasteiger partial charge in [-0.05, 0) is 48.5 Å². The summed E-state index contributed by atoms with van der Waals surface area (Å²) in [6.45, 7) is 1.64. The van der Waals surface area contributed by atoms with Gasteiger partial charge in [-0.25, -0.2) is 5.01 Å². The number of hydrogen-bond donors (Lipinski definition) is 0. The van der Waals surface area contributed by atoms with Crippen LogP contribution in [0.4, 0.5) is 11.4 Å². The van der Waals surface area contributed by atoms with E-state index in [9.17, 15) is 4.79 Å². The molecule has 0 fully saturated rings. The standard InChI is InChI=1S/C29H21Cl4N3O2/c1-18(37)28-34-36(19-8-3-2-4-9-19)29(35(28)20-14-15-25(32)26(33)16-20)21-10-5-6-13-27(21)38-17-22-23(30)11-7-12-24(22)31/h2-16,29H,17H2,1H3/t29-/m1/s1. The van der Waals surface area contributed by atoms with Gasteiger partial charge in [-0.2, -0.15) is 0 Å². The van der Waals surface area contributed by atoms with Crippen molar-refractivity contribution in [3.8, 4) is 5.75 Å². The van der Waals surface area contributed by atoms with Gasteiger partial charge in [0, 0.05) is 33.8 Å². The van der Waals surface area contributed by atoms with E-state index in [0.29, 0.717) is 37.1 Å². The zero-order valence-electron chi connectivity index (χ0n) is 20.1. The van der Waals surface area contributed by atoms with E-state index in [0.717, 1.165) is 11.3 Å². The van der Waals surface area contributed by atoms with Crippen LogP contribution in [0.5, 0.6) is 5.75 Å². The molecule has 1 heterocycles. The molecule has 0 spiro atoms. The third kappa shape index (κ3) is 5.20. The fourth-order valence-electron chi connectivity index (χ4n) is 4.26. The van der Waals surface area contributed by atoms with Gasteiger partial charge in [0.1, 0.15) is 12.4 Å². The Hall–Kier alpha value is -3.22. The molecule has 4 aromatic carbocycles. The van der Waals surface area contributed by atoms with Gasteiger partial charge in [0.25, 0.3) is 0 Å². The molecule has 0 aliphatic carbocycles. The third-order valence-electron chi connectivity index (χ3n) is 6.05. The van der Waals surface area contributed by atoms with Crippen LogP contribution >= 0.6 is 46.4 Å². The van der Waals surface area contributed by atoms with Gasteiger partial charge in [-0.15, -0.1) is 5.10 Å². The van der Waals surface area contributed by atoms with E-state index in [1.165, 1.54) is 6.92 Å². The van der Waals surface area contributed by atoms with Crippen molar-refractivity contribution in [2.75, 3.05) is 9.91 Å². The maximum Gasteiger partial charge on any atom is 0.198 e. The van der Waals surface area contributed by atoms with Gasteiger partial charge in [0.2, 0.25) is 0 Å². The number of Topliss-reactive ketones (excluding diaryl/α,β-unsaturated/α-hetero) is 1. The molecule has 0 saturated heterocycles. The zero-order chi connectivity index (χ0) is 26.8. The molecule has 1 aliphatic rings. The number of anilines is 2. The van der Waals surface area contributed by atoms with Crippen LogP contribution in [-0.2, 0) is 11.4 Å². The van der Waals surface area contributed by atoms with Crippen molar-refractivity contribution in [2.45, 2.75) is 19.7 Å². The first-order chi connectivity index (χ1) is 18.3. The normalized spacial score (nSPS) is 15.0. The number of carbonyl (C=O) groups excluding carboxylic acids is 1. The van der Waals surface area contributed by atoms with E-state index >= 15 is 0 Å². The van der Waals surface area contributed by atoms with E-state index in [-0.39, 0.29) is 18.2 Å². The smallest absolute Gasteiger partial charge is 0.198 e. The number of para-hydroxylation sites is 2. The highest BCUT2D eigenvalue weighted by atomic mass is 35.5. The second-order valence-corrected chi connectivity index (χ2v) is 10.2. The molecule has 1 atom stereocenters. The van der Waals surface area contributed by atoms with Crippen LogP contribution in [0.15, 0.2) is 96.1 Å². The predicted molar refractivity (Wildman–Crippen MR) is 156 cm³/mol. The quantitative estimate of drug-likeness (QED) is 0.218. The Morgan fingerprint density at radius 2 is 1.47 bits per heavy atom. The lowest BCUT2D eigenvalue weighted by Crippen LogP contribution is -2.38. The van der Waals surface area contributed by atoms with Crippen molar-refractivity contribution < 1.29 is 9.53 Å². The Morgan fingerprint density at radius 3 is 2.16 bits per heavy atom. The molecule has 0 radical (unpaired) electrons. The topological polar surface area (TPSA) is 45.1 Å². The fourth-order valence-corrected chi connectivity index (χ4v) is 5.06. The number of ketones is 1. The number of benzene rings is 4. The number of hydrogen-bond acceptors (Lipinski definition) is 5. The number of nitrogens with zero attached hydrogens (tertiary/aromatic N) is 3. The molecular formula is C29H21Cl4N3O2. The van der Waals surface area contributed by atoms with Gasteiger partial charge in [-0.1, -0.05) is 88.9 Å². The summed E-state index contributed by atoms with van der Waals surface area (Å²) in [5, 5.41) is 8.36. The van der Waals surface area contributed by atoms with Crippen LogP contribution in [0.25, 0.3) is 0 Å². The Balaban J connectivity index is 1.64. The van der Waals surface area contributed by atoms with Gasteiger partial charge in [0.05, 0.1) is 15.7 Å². The first kappa shape index (κ1) is 26.4.